The number of fused-ring (bicyclic) bond motifs is 1. The fraction of sp³-hybridized carbons (Fsp3) is 0.364. The third kappa shape index (κ3) is 4.39. The van der Waals surface area contributed by atoms with E-state index in [0.717, 1.165) is 36.1 Å². The average molecular weight is 380 g/mol. The Hall–Kier alpha value is -2.73. The molecule has 1 fully saturated rings. The van der Waals surface area contributed by atoms with E-state index in [9.17, 15) is 9.18 Å². The molecule has 0 aliphatic carbocycles. The van der Waals surface area contributed by atoms with E-state index in [4.69, 9.17) is 0 Å². The van der Waals surface area contributed by atoms with E-state index < -0.39 is 0 Å². The minimum atomic E-state index is -0.147. The molecule has 0 saturated carbocycles. The lowest BCUT2D eigenvalue weighted by molar-refractivity contribution is -0.121. The first-order chi connectivity index (χ1) is 13.7. The second kappa shape index (κ2) is 8.52. The normalized spacial score (nSPS) is 17.2. The van der Waals surface area contributed by atoms with Gasteiger partial charge in [0.15, 0.2) is 0 Å². The molecule has 1 aliphatic heterocycles. The van der Waals surface area contributed by atoms with Crippen LogP contribution in [0.15, 0.2) is 54.9 Å². The number of para-hydroxylation sites is 2. The Morgan fingerprint density at radius 2 is 2.00 bits per heavy atom. The Labute approximate surface area is 164 Å². The van der Waals surface area contributed by atoms with Gasteiger partial charge in [-0.2, -0.15) is 0 Å². The molecule has 0 bridgehead atoms. The fourth-order valence-electron chi connectivity index (χ4n) is 3.85. The summed E-state index contributed by atoms with van der Waals surface area (Å²) >= 11 is 0. The molecule has 5 nitrogen and oxygen atoms in total. The molecule has 1 N–H and O–H groups in total. The highest BCUT2D eigenvalue weighted by Gasteiger charge is 2.23. The minimum Gasteiger partial charge on any atom is -0.356 e. The zero-order valence-electron chi connectivity index (χ0n) is 15.9. The second-order valence-electron chi connectivity index (χ2n) is 7.46. The molecule has 1 atom stereocenters. The number of amides is 1. The van der Waals surface area contributed by atoms with Crippen LogP contribution in [-0.2, 0) is 17.9 Å². The van der Waals surface area contributed by atoms with Crippen molar-refractivity contribution in [1.29, 1.82) is 0 Å². The largest absolute Gasteiger partial charge is 0.356 e. The van der Waals surface area contributed by atoms with Gasteiger partial charge < -0.3 is 9.88 Å². The Morgan fingerprint density at radius 3 is 2.89 bits per heavy atom. The second-order valence-corrected chi connectivity index (χ2v) is 7.46. The first-order valence-electron chi connectivity index (χ1n) is 9.81. The van der Waals surface area contributed by atoms with E-state index in [-0.39, 0.29) is 11.7 Å². The molecule has 1 aliphatic rings. The first-order valence-corrected chi connectivity index (χ1v) is 9.81. The number of aromatic nitrogens is 2. The Morgan fingerprint density at radius 1 is 1.18 bits per heavy atom. The van der Waals surface area contributed by atoms with Crippen molar-refractivity contribution in [2.45, 2.75) is 25.9 Å². The van der Waals surface area contributed by atoms with Gasteiger partial charge >= 0.3 is 0 Å². The quantitative estimate of drug-likeness (QED) is 0.685. The van der Waals surface area contributed by atoms with Gasteiger partial charge in [0, 0.05) is 38.2 Å². The fourth-order valence-corrected chi connectivity index (χ4v) is 3.85. The number of benzene rings is 2. The number of aryl methyl sites for hydroxylation is 1. The monoisotopic (exact) mass is 380 g/mol. The van der Waals surface area contributed by atoms with Crippen molar-refractivity contribution < 1.29 is 9.18 Å². The van der Waals surface area contributed by atoms with Crippen LogP contribution in [0.3, 0.4) is 0 Å². The molecule has 1 unspecified atom stereocenters. The number of carbonyl (C=O) groups excluding carboxylic acids is 1. The van der Waals surface area contributed by atoms with Crippen LogP contribution in [-0.4, -0.2) is 40.0 Å². The highest BCUT2D eigenvalue weighted by Crippen LogP contribution is 2.19. The van der Waals surface area contributed by atoms with Crippen molar-refractivity contribution >= 4 is 16.9 Å². The predicted molar refractivity (Wildman–Crippen MR) is 107 cm³/mol. The van der Waals surface area contributed by atoms with E-state index in [1.807, 2.05) is 41.0 Å². The van der Waals surface area contributed by atoms with Crippen molar-refractivity contribution in [1.82, 2.24) is 19.8 Å². The van der Waals surface area contributed by atoms with Gasteiger partial charge in [0.1, 0.15) is 5.82 Å². The molecular weight excluding hydrogens is 355 g/mol. The summed E-state index contributed by atoms with van der Waals surface area (Å²) in [4.78, 5) is 18.9. The molecule has 0 spiro atoms. The first kappa shape index (κ1) is 18.6. The summed E-state index contributed by atoms with van der Waals surface area (Å²) in [5.41, 5.74) is 2.73. The predicted octanol–water partition coefficient (Wildman–Crippen LogP) is 3.20. The van der Waals surface area contributed by atoms with Crippen LogP contribution in [0.5, 0.6) is 0 Å². The molecule has 1 aromatic heterocycles. The summed E-state index contributed by atoms with van der Waals surface area (Å²) in [6, 6.07) is 14.9. The van der Waals surface area contributed by atoms with Crippen LogP contribution in [0.1, 0.15) is 18.4 Å². The summed E-state index contributed by atoms with van der Waals surface area (Å²) in [5, 5.41) is 3.06. The molecule has 28 heavy (non-hydrogen) atoms. The van der Waals surface area contributed by atoms with Crippen LogP contribution in [0, 0.1) is 11.7 Å². The molecule has 146 valence electrons. The molecule has 1 amide bonds. The van der Waals surface area contributed by atoms with Crippen LogP contribution >= 0.6 is 0 Å². The summed E-state index contributed by atoms with van der Waals surface area (Å²) in [7, 11) is 0. The Kier molecular flexibility index (Phi) is 5.67. The lowest BCUT2D eigenvalue weighted by Crippen LogP contribution is -2.31. The highest BCUT2D eigenvalue weighted by molar-refractivity contribution is 5.77. The number of nitrogens with one attached hydrogen (secondary N) is 1. The standard InChI is InChI=1S/C22H25FN4O/c23-19-6-2-1-5-18(19)15-26-11-9-17(14-26)13-24-22(28)10-12-27-16-25-20-7-3-4-8-21(20)27/h1-8,16-17H,9-15H2,(H,24,28). The lowest BCUT2D eigenvalue weighted by Gasteiger charge is -2.17. The van der Waals surface area contributed by atoms with Gasteiger partial charge in [0.25, 0.3) is 0 Å². The number of nitrogens with zero attached hydrogens (tertiary/aromatic N) is 3. The summed E-state index contributed by atoms with van der Waals surface area (Å²) < 4.78 is 15.8. The number of hydrogen-bond donors (Lipinski definition) is 1. The summed E-state index contributed by atoms with van der Waals surface area (Å²) in [6.45, 7) is 3.76. The van der Waals surface area contributed by atoms with E-state index in [1.165, 1.54) is 6.07 Å². The zero-order valence-corrected chi connectivity index (χ0v) is 15.9. The minimum absolute atomic E-state index is 0.0605. The summed E-state index contributed by atoms with van der Waals surface area (Å²) in [5.74, 6) is 0.335. The maximum Gasteiger partial charge on any atom is 0.221 e. The van der Waals surface area contributed by atoms with Crippen molar-refractivity contribution in [3.05, 3.63) is 66.2 Å². The van der Waals surface area contributed by atoms with Crippen molar-refractivity contribution in [2.24, 2.45) is 5.92 Å². The van der Waals surface area contributed by atoms with Crippen molar-refractivity contribution in [3.63, 3.8) is 0 Å². The van der Waals surface area contributed by atoms with E-state index >= 15 is 0 Å². The van der Waals surface area contributed by atoms with Crippen LogP contribution in [0.4, 0.5) is 4.39 Å². The van der Waals surface area contributed by atoms with Crippen LogP contribution in [0.25, 0.3) is 11.0 Å². The van der Waals surface area contributed by atoms with Crippen LogP contribution in [0.2, 0.25) is 0 Å². The third-order valence-corrected chi connectivity index (χ3v) is 5.42. The van der Waals surface area contributed by atoms with Crippen molar-refractivity contribution in [2.75, 3.05) is 19.6 Å². The van der Waals surface area contributed by atoms with Gasteiger partial charge in [0.2, 0.25) is 5.91 Å². The van der Waals surface area contributed by atoms with E-state index in [1.54, 1.807) is 12.4 Å². The van der Waals surface area contributed by atoms with Crippen LogP contribution < -0.4 is 5.32 Å². The van der Waals surface area contributed by atoms with Gasteiger partial charge in [-0.3, -0.25) is 9.69 Å². The smallest absolute Gasteiger partial charge is 0.221 e. The number of imidazole rings is 1. The molecule has 3 aromatic rings. The Bertz CT molecular complexity index is 954. The van der Waals surface area contributed by atoms with Gasteiger partial charge in [-0.15, -0.1) is 0 Å². The lowest BCUT2D eigenvalue weighted by atomic mass is 10.1. The number of hydrogen-bond acceptors (Lipinski definition) is 3. The van der Waals surface area contributed by atoms with Crippen molar-refractivity contribution in [3.8, 4) is 0 Å². The van der Waals surface area contributed by atoms with Gasteiger partial charge in [0.05, 0.1) is 17.4 Å². The maximum atomic E-state index is 13.8. The SMILES string of the molecule is O=C(CCn1cnc2ccccc21)NCC1CCN(Cc2ccccc2F)C1. The molecule has 2 aromatic carbocycles. The van der Waals surface area contributed by atoms with Gasteiger partial charge in [-0.25, -0.2) is 9.37 Å². The molecule has 6 heteroatoms. The molecule has 4 rings (SSSR count). The van der Waals surface area contributed by atoms with E-state index in [0.29, 0.717) is 32.0 Å². The van der Waals surface area contributed by atoms with Gasteiger partial charge in [-0.05, 0) is 37.1 Å². The number of likely N-dealkylation sites (tertiary alicyclic amines) is 1. The number of carbonyl (C=O) groups is 1. The third-order valence-electron chi connectivity index (χ3n) is 5.42. The molecular formula is C22H25FN4O. The summed E-state index contributed by atoms with van der Waals surface area (Å²) in [6.07, 6.45) is 3.25. The number of halogens is 1. The zero-order chi connectivity index (χ0) is 19.3. The average Bonchev–Trinajstić information content (AvgIpc) is 3.33. The van der Waals surface area contributed by atoms with E-state index in [2.05, 4.69) is 15.2 Å². The maximum absolute atomic E-state index is 13.8. The molecule has 0 radical (unpaired) electrons. The highest BCUT2D eigenvalue weighted by atomic mass is 19.1. The molecule has 1 saturated heterocycles. The number of rotatable bonds is 7. The molecule has 2 heterocycles. The Balaban J connectivity index is 1.20. The van der Waals surface area contributed by atoms with Gasteiger partial charge in [-0.1, -0.05) is 30.3 Å². The topological polar surface area (TPSA) is 50.2 Å².